The zero-order valence-corrected chi connectivity index (χ0v) is 11.7. The minimum Gasteiger partial charge on any atom is -0.381 e. The third-order valence-electron chi connectivity index (χ3n) is 3.38. The smallest absolute Gasteiger partial charge is 0.0605 e. The van der Waals surface area contributed by atoms with Crippen LogP contribution in [0.15, 0.2) is 22.7 Å². The van der Waals surface area contributed by atoms with Crippen LogP contribution < -0.4 is 10.6 Å². The van der Waals surface area contributed by atoms with Gasteiger partial charge in [0, 0.05) is 36.9 Å². The zero-order valence-electron chi connectivity index (χ0n) is 10.2. The monoisotopic (exact) mass is 298 g/mol. The fourth-order valence-electron chi connectivity index (χ4n) is 2.36. The van der Waals surface area contributed by atoms with Gasteiger partial charge in [0.1, 0.15) is 0 Å². The van der Waals surface area contributed by atoms with E-state index in [2.05, 4.69) is 39.0 Å². The Hall–Kier alpha value is -0.580. The minimum atomic E-state index is 0.419. The molecule has 2 N–H and O–H groups in total. The summed E-state index contributed by atoms with van der Waals surface area (Å²) in [4.78, 5) is 2.41. The molecular formula is C13H19BrN2O. The number of ether oxygens (including phenoxy) is 1. The highest BCUT2D eigenvalue weighted by Gasteiger charge is 2.20. The molecule has 17 heavy (non-hydrogen) atoms. The number of benzene rings is 1. The molecule has 1 heterocycles. The van der Waals surface area contributed by atoms with Crippen LogP contribution in [0, 0.1) is 0 Å². The Kier molecular flexibility index (Phi) is 4.42. The summed E-state index contributed by atoms with van der Waals surface area (Å²) in [5.74, 6) is 0. The molecule has 0 unspecified atom stereocenters. The molecule has 4 heteroatoms. The van der Waals surface area contributed by atoms with Crippen molar-refractivity contribution in [3.63, 3.8) is 0 Å². The van der Waals surface area contributed by atoms with E-state index in [0.717, 1.165) is 30.4 Å². The van der Waals surface area contributed by atoms with Crippen LogP contribution >= 0.6 is 15.9 Å². The lowest BCUT2D eigenvalue weighted by molar-refractivity contribution is 0.0819. The standard InChI is InChI=1S/C13H19BrN2O/c1-17-12-4-6-16(7-5-12)13-3-2-11(14)8-10(13)9-15/h2-3,8,12H,4-7,9,15H2,1H3. The van der Waals surface area contributed by atoms with E-state index in [-0.39, 0.29) is 0 Å². The van der Waals surface area contributed by atoms with E-state index in [1.165, 1.54) is 11.3 Å². The molecule has 0 amide bonds. The number of nitrogens with two attached hydrogens (primary N) is 1. The van der Waals surface area contributed by atoms with E-state index in [4.69, 9.17) is 10.5 Å². The summed E-state index contributed by atoms with van der Waals surface area (Å²) in [6, 6.07) is 6.34. The molecule has 94 valence electrons. The average Bonchev–Trinajstić information content (AvgIpc) is 2.39. The highest BCUT2D eigenvalue weighted by atomic mass is 79.9. The van der Waals surface area contributed by atoms with E-state index in [0.29, 0.717) is 12.6 Å². The molecule has 0 aromatic heterocycles. The summed E-state index contributed by atoms with van der Waals surface area (Å²) in [5.41, 5.74) is 8.28. The number of halogens is 1. The van der Waals surface area contributed by atoms with Gasteiger partial charge in [0.25, 0.3) is 0 Å². The SMILES string of the molecule is COC1CCN(c2ccc(Br)cc2CN)CC1. The third kappa shape index (κ3) is 3.00. The van der Waals surface area contributed by atoms with Gasteiger partial charge >= 0.3 is 0 Å². The molecule has 0 saturated carbocycles. The maximum Gasteiger partial charge on any atom is 0.0605 e. The van der Waals surface area contributed by atoms with Crippen molar-refractivity contribution in [2.24, 2.45) is 5.73 Å². The van der Waals surface area contributed by atoms with Crippen molar-refractivity contribution in [1.82, 2.24) is 0 Å². The number of nitrogens with zero attached hydrogens (tertiary/aromatic N) is 1. The van der Waals surface area contributed by atoms with Gasteiger partial charge in [-0.05, 0) is 36.6 Å². The molecule has 1 aliphatic rings. The van der Waals surface area contributed by atoms with Gasteiger partial charge in [-0.25, -0.2) is 0 Å². The molecular weight excluding hydrogens is 280 g/mol. The van der Waals surface area contributed by atoms with Gasteiger partial charge in [0.05, 0.1) is 6.10 Å². The summed E-state index contributed by atoms with van der Waals surface area (Å²) in [6.45, 7) is 2.68. The zero-order chi connectivity index (χ0) is 12.3. The number of hydrogen-bond donors (Lipinski definition) is 1. The maximum absolute atomic E-state index is 5.81. The normalized spacial score (nSPS) is 17.5. The van der Waals surface area contributed by atoms with E-state index in [1.807, 2.05) is 0 Å². The molecule has 1 saturated heterocycles. The first-order valence-electron chi connectivity index (χ1n) is 6.01. The van der Waals surface area contributed by atoms with Crippen LogP contribution in [0.2, 0.25) is 0 Å². The quantitative estimate of drug-likeness (QED) is 0.932. The molecule has 0 spiro atoms. The van der Waals surface area contributed by atoms with Crippen molar-refractivity contribution in [2.45, 2.75) is 25.5 Å². The number of piperidine rings is 1. The summed E-state index contributed by atoms with van der Waals surface area (Å²) in [7, 11) is 1.80. The predicted octanol–water partition coefficient (Wildman–Crippen LogP) is 2.52. The molecule has 1 aliphatic heterocycles. The van der Waals surface area contributed by atoms with E-state index in [1.54, 1.807) is 7.11 Å². The van der Waals surface area contributed by atoms with Gasteiger partial charge in [-0.3, -0.25) is 0 Å². The van der Waals surface area contributed by atoms with Gasteiger partial charge in [-0.2, -0.15) is 0 Å². The largest absolute Gasteiger partial charge is 0.381 e. The summed E-state index contributed by atoms with van der Waals surface area (Å²) >= 11 is 3.49. The van der Waals surface area contributed by atoms with Crippen molar-refractivity contribution >= 4 is 21.6 Å². The highest BCUT2D eigenvalue weighted by molar-refractivity contribution is 9.10. The van der Waals surface area contributed by atoms with Crippen LogP contribution in [0.25, 0.3) is 0 Å². The fourth-order valence-corrected chi connectivity index (χ4v) is 2.77. The van der Waals surface area contributed by atoms with Crippen molar-refractivity contribution in [3.8, 4) is 0 Å². The molecule has 0 radical (unpaired) electrons. The Labute approximate surface area is 111 Å². The Morgan fingerprint density at radius 3 is 2.71 bits per heavy atom. The van der Waals surface area contributed by atoms with Crippen molar-refractivity contribution in [2.75, 3.05) is 25.1 Å². The molecule has 3 nitrogen and oxygen atoms in total. The van der Waals surface area contributed by atoms with E-state index >= 15 is 0 Å². The van der Waals surface area contributed by atoms with Gasteiger partial charge < -0.3 is 15.4 Å². The van der Waals surface area contributed by atoms with Crippen molar-refractivity contribution < 1.29 is 4.74 Å². The average molecular weight is 299 g/mol. The number of rotatable bonds is 3. The first-order valence-corrected chi connectivity index (χ1v) is 6.80. The lowest BCUT2D eigenvalue weighted by atomic mass is 10.0. The Morgan fingerprint density at radius 1 is 1.41 bits per heavy atom. The Bertz CT molecular complexity index is 376. The second kappa shape index (κ2) is 5.85. The van der Waals surface area contributed by atoms with Crippen LogP contribution in [0.1, 0.15) is 18.4 Å². The number of hydrogen-bond acceptors (Lipinski definition) is 3. The first-order chi connectivity index (χ1) is 8.24. The lowest BCUT2D eigenvalue weighted by Crippen LogP contribution is -2.37. The topological polar surface area (TPSA) is 38.5 Å². The van der Waals surface area contributed by atoms with Crippen molar-refractivity contribution in [3.05, 3.63) is 28.2 Å². The van der Waals surface area contributed by atoms with Gasteiger partial charge in [0.15, 0.2) is 0 Å². The van der Waals surface area contributed by atoms with E-state index < -0.39 is 0 Å². The van der Waals surface area contributed by atoms with Gasteiger partial charge in [0.2, 0.25) is 0 Å². The molecule has 0 atom stereocenters. The highest BCUT2D eigenvalue weighted by Crippen LogP contribution is 2.27. The molecule has 0 aliphatic carbocycles. The maximum atomic E-state index is 5.81. The summed E-state index contributed by atoms with van der Waals surface area (Å²) < 4.78 is 6.48. The molecule has 0 bridgehead atoms. The molecule has 1 aromatic carbocycles. The Morgan fingerprint density at radius 2 is 2.12 bits per heavy atom. The van der Waals surface area contributed by atoms with Gasteiger partial charge in [-0.1, -0.05) is 15.9 Å². The van der Waals surface area contributed by atoms with Crippen LogP contribution in [0.4, 0.5) is 5.69 Å². The van der Waals surface area contributed by atoms with Gasteiger partial charge in [-0.15, -0.1) is 0 Å². The van der Waals surface area contributed by atoms with Crippen molar-refractivity contribution in [1.29, 1.82) is 0 Å². The lowest BCUT2D eigenvalue weighted by Gasteiger charge is -2.34. The van der Waals surface area contributed by atoms with Crippen LogP contribution in [0.3, 0.4) is 0 Å². The van der Waals surface area contributed by atoms with Crippen LogP contribution in [0.5, 0.6) is 0 Å². The molecule has 1 aromatic rings. The number of anilines is 1. The first kappa shape index (κ1) is 12.9. The molecule has 2 rings (SSSR count). The van der Waals surface area contributed by atoms with Crippen LogP contribution in [-0.2, 0) is 11.3 Å². The fraction of sp³-hybridized carbons (Fsp3) is 0.538. The second-order valence-electron chi connectivity index (χ2n) is 4.40. The second-order valence-corrected chi connectivity index (χ2v) is 5.31. The van der Waals surface area contributed by atoms with Crippen LogP contribution in [-0.4, -0.2) is 26.3 Å². The third-order valence-corrected chi connectivity index (χ3v) is 3.87. The predicted molar refractivity (Wildman–Crippen MR) is 74.3 cm³/mol. The Balaban J connectivity index is 2.12. The number of methoxy groups -OCH3 is 1. The molecule has 1 fully saturated rings. The minimum absolute atomic E-state index is 0.419. The van der Waals surface area contributed by atoms with E-state index in [9.17, 15) is 0 Å². The summed E-state index contributed by atoms with van der Waals surface area (Å²) in [6.07, 6.45) is 2.61. The summed E-state index contributed by atoms with van der Waals surface area (Å²) in [5, 5.41) is 0.